The number of ketones is 1. The summed E-state index contributed by atoms with van der Waals surface area (Å²) < 4.78 is 11.5. The predicted molar refractivity (Wildman–Crippen MR) is 60.2 cm³/mol. The summed E-state index contributed by atoms with van der Waals surface area (Å²) in [7, 11) is 0. The highest BCUT2D eigenvalue weighted by molar-refractivity contribution is 5.98. The Morgan fingerprint density at radius 3 is 2.65 bits per heavy atom. The molecule has 2 unspecified atom stereocenters. The lowest BCUT2D eigenvalue weighted by Gasteiger charge is -2.52. The quantitative estimate of drug-likeness (QED) is 0.636. The van der Waals surface area contributed by atoms with Gasteiger partial charge in [-0.3, -0.25) is 4.79 Å². The van der Waals surface area contributed by atoms with E-state index in [-0.39, 0.29) is 23.9 Å². The second-order valence-corrected chi connectivity index (χ2v) is 5.37. The third kappa shape index (κ3) is 1.52. The highest BCUT2D eigenvalue weighted by Crippen LogP contribution is 2.44. The molecule has 17 heavy (non-hydrogen) atoms. The van der Waals surface area contributed by atoms with Crippen LogP contribution in [-0.2, 0) is 14.3 Å². The van der Waals surface area contributed by atoms with Crippen LogP contribution in [-0.4, -0.2) is 34.5 Å². The highest BCUT2D eigenvalue weighted by atomic mass is 16.7. The second-order valence-electron chi connectivity index (χ2n) is 5.37. The Bertz CT molecular complexity index is 423. The molecule has 0 saturated carbocycles. The van der Waals surface area contributed by atoms with E-state index in [9.17, 15) is 9.90 Å². The lowest BCUT2D eigenvalue weighted by Crippen LogP contribution is -2.63. The van der Waals surface area contributed by atoms with E-state index in [4.69, 9.17) is 9.47 Å². The molecule has 4 heteroatoms. The minimum absolute atomic E-state index is 0.250. The highest BCUT2D eigenvalue weighted by Gasteiger charge is 2.57. The average molecular weight is 236 g/mol. The Kier molecular flexibility index (Phi) is 2.15. The summed E-state index contributed by atoms with van der Waals surface area (Å²) in [5, 5.41) is 10.5. The number of hydrogen-bond donors (Lipinski definition) is 1. The van der Waals surface area contributed by atoms with Crippen LogP contribution in [0.5, 0.6) is 0 Å². The number of ether oxygens (including phenoxy) is 2. The summed E-state index contributed by atoms with van der Waals surface area (Å²) in [6.07, 6.45) is 6.70. The normalized spacial score (nSPS) is 46.8. The summed E-state index contributed by atoms with van der Waals surface area (Å²) in [6, 6.07) is 0. The first kappa shape index (κ1) is 11.1. The van der Waals surface area contributed by atoms with E-state index in [1.165, 1.54) is 6.08 Å². The first-order chi connectivity index (χ1) is 7.92. The Labute approximate surface area is 99.9 Å². The minimum atomic E-state index is -1.37. The van der Waals surface area contributed by atoms with Gasteiger partial charge < -0.3 is 14.6 Å². The maximum atomic E-state index is 11.9. The van der Waals surface area contributed by atoms with Crippen LogP contribution in [0.25, 0.3) is 0 Å². The van der Waals surface area contributed by atoms with Crippen molar-refractivity contribution in [3.05, 3.63) is 24.3 Å². The molecule has 92 valence electrons. The zero-order valence-electron chi connectivity index (χ0n) is 9.92. The first-order valence-corrected chi connectivity index (χ1v) is 5.90. The maximum absolute atomic E-state index is 11.9. The summed E-state index contributed by atoms with van der Waals surface area (Å²) in [5.74, 6) is -1.28. The van der Waals surface area contributed by atoms with Gasteiger partial charge in [-0.2, -0.15) is 0 Å². The van der Waals surface area contributed by atoms with Crippen molar-refractivity contribution in [1.29, 1.82) is 0 Å². The smallest absolute Gasteiger partial charge is 0.187 e. The molecule has 0 radical (unpaired) electrons. The van der Waals surface area contributed by atoms with Crippen molar-refractivity contribution < 1.29 is 19.4 Å². The summed E-state index contributed by atoms with van der Waals surface area (Å²) in [5.41, 5.74) is -1.37. The Balaban J connectivity index is 2.07. The van der Waals surface area contributed by atoms with E-state index in [2.05, 4.69) is 0 Å². The fourth-order valence-corrected chi connectivity index (χ4v) is 2.99. The summed E-state index contributed by atoms with van der Waals surface area (Å²) in [6.45, 7) is 3.68. The zero-order chi connectivity index (χ0) is 12.3. The molecule has 4 atom stereocenters. The molecule has 1 aliphatic heterocycles. The Morgan fingerprint density at radius 1 is 1.29 bits per heavy atom. The van der Waals surface area contributed by atoms with Crippen LogP contribution in [0.4, 0.5) is 0 Å². The number of rotatable bonds is 0. The molecule has 0 aromatic rings. The lowest BCUT2D eigenvalue weighted by molar-refractivity contribution is -0.321. The summed E-state index contributed by atoms with van der Waals surface area (Å²) in [4.78, 5) is 11.9. The van der Waals surface area contributed by atoms with Crippen molar-refractivity contribution in [2.45, 2.75) is 43.9 Å². The molecule has 0 bridgehead atoms. The number of carbonyl (C=O) groups is 1. The van der Waals surface area contributed by atoms with Crippen LogP contribution in [0.3, 0.4) is 0 Å². The van der Waals surface area contributed by atoms with E-state index in [1.54, 1.807) is 6.08 Å². The molecular formula is C13H16O4. The monoisotopic (exact) mass is 236 g/mol. The van der Waals surface area contributed by atoms with E-state index in [1.807, 2.05) is 26.0 Å². The molecule has 4 nitrogen and oxygen atoms in total. The molecule has 0 spiro atoms. The van der Waals surface area contributed by atoms with E-state index in [0.29, 0.717) is 6.42 Å². The van der Waals surface area contributed by atoms with E-state index < -0.39 is 11.4 Å². The lowest BCUT2D eigenvalue weighted by atomic mass is 9.68. The zero-order valence-corrected chi connectivity index (χ0v) is 9.92. The van der Waals surface area contributed by atoms with Gasteiger partial charge in [-0.15, -0.1) is 0 Å². The fraction of sp³-hybridized carbons (Fsp3) is 0.615. The number of carbonyl (C=O) groups excluding carboxylic acids is 1. The van der Waals surface area contributed by atoms with E-state index >= 15 is 0 Å². The van der Waals surface area contributed by atoms with Crippen LogP contribution in [0.2, 0.25) is 0 Å². The molecule has 1 heterocycles. The first-order valence-electron chi connectivity index (χ1n) is 5.90. The molecule has 2 aliphatic carbocycles. The molecule has 0 amide bonds. The van der Waals surface area contributed by atoms with Gasteiger partial charge in [0.15, 0.2) is 11.6 Å². The van der Waals surface area contributed by atoms with Gasteiger partial charge in [-0.25, -0.2) is 0 Å². The van der Waals surface area contributed by atoms with Crippen molar-refractivity contribution in [3.8, 4) is 0 Å². The topological polar surface area (TPSA) is 55.8 Å². The van der Waals surface area contributed by atoms with Crippen molar-refractivity contribution in [1.82, 2.24) is 0 Å². The average Bonchev–Trinajstić information content (AvgIpc) is 2.22. The number of hydrogen-bond acceptors (Lipinski definition) is 4. The van der Waals surface area contributed by atoms with Crippen molar-refractivity contribution in [2.75, 3.05) is 0 Å². The van der Waals surface area contributed by atoms with Gasteiger partial charge in [0.2, 0.25) is 0 Å². The molecule has 3 aliphatic rings. The van der Waals surface area contributed by atoms with Crippen LogP contribution < -0.4 is 0 Å². The third-order valence-electron chi connectivity index (χ3n) is 3.72. The van der Waals surface area contributed by atoms with Gasteiger partial charge in [-0.05, 0) is 19.9 Å². The largest absolute Gasteiger partial charge is 0.381 e. The second kappa shape index (κ2) is 3.28. The molecule has 0 aromatic carbocycles. The summed E-state index contributed by atoms with van der Waals surface area (Å²) >= 11 is 0. The minimum Gasteiger partial charge on any atom is -0.381 e. The van der Waals surface area contributed by atoms with Crippen LogP contribution in [0.15, 0.2) is 24.3 Å². The van der Waals surface area contributed by atoms with E-state index in [0.717, 1.165) is 0 Å². The molecule has 1 saturated heterocycles. The van der Waals surface area contributed by atoms with Gasteiger partial charge in [-0.1, -0.05) is 18.2 Å². The fourth-order valence-electron chi connectivity index (χ4n) is 2.99. The standard InChI is InChI=1S/C13H16O4/c1-12(2)16-8-4-3-7-13(15)10(14)6-5-9(17-12)11(8)13/h3-6,8-9,11,15H,7H2,1-2H3/t8-,9+,11?,13?/m1/s1. The predicted octanol–water partition coefficient (Wildman–Crippen LogP) is 0.953. The van der Waals surface area contributed by atoms with Crippen molar-refractivity contribution in [2.24, 2.45) is 5.92 Å². The molecule has 3 rings (SSSR count). The molecule has 0 aromatic heterocycles. The van der Waals surface area contributed by atoms with Crippen LogP contribution in [0, 0.1) is 5.92 Å². The molecule has 1 fully saturated rings. The third-order valence-corrected chi connectivity index (χ3v) is 3.72. The Hall–Kier alpha value is -0.970. The molecule has 1 N–H and O–H groups in total. The van der Waals surface area contributed by atoms with Crippen molar-refractivity contribution in [3.63, 3.8) is 0 Å². The van der Waals surface area contributed by atoms with Gasteiger partial charge in [0.1, 0.15) is 5.60 Å². The SMILES string of the molecule is CC1(C)O[C@H]2C=CC(=O)C3(O)CC=C[C@@H](O1)C23. The van der Waals surface area contributed by atoms with Crippen molar-refractivity contribution >= 4 is 5.78 Å². The number of aliphatic hydroxyl groups is 1. The van der Waals surface area contributed by atoms with Gasteiger partial charge in [0.05, 0.1) is 18.1 Å². The van der Waals surface area contributed by atoms with Crippen LogP contribution in [0.1, 0.15) is 20.3 Å². The van der Waals surface area contributed by atoms with Gasteiger partial charge >= 0.3 is 0 Å². The molecular weight excluding hydrogens is 220 g/mol. The van der Waals surface area contributed by atoms with Gasteiger partial charge in [0.25, 0.3) is 0 Å². The van der Waals surface area contributed by atoms with Crippen LogP contribution >= 0.6 is 0 Å². The maximum Gasteiger partial charge on any atom is 0.187 e. The Morgan fingerprint density at radius 2 is 1.94 bits per heavy atom. The van der Waals surface area contributed by atoms with Gasteiger partial charge in [0, 0.05) is 6.42 Å².